The lowest BCUT2D eigenvalue weighted by molar-refractivity contribution is 0.116. The van der Waals surface area contributed by atoms with Gasteiger partial charge in [-0.25, -0.2) is 4.39 Å². The minimum atomic E-state index is -0.312. The van der Waals surface area contributed by atoms with Crippen molar-refractivity contribution in [2.45, 2.75) is 45.1 Å². The molecule has 0 unspecified atom stereocenters. The molecule has 1 aromatic carbocycles. The highest BCUT2D eigenvalue weighted by Crippen LogP contribution is 2.18. The summed E-state index contributed by atoms with van der Waals surface area (Å²) in [5, 5.41) is 0.435. The molecule has 0 saturated heterocycles. The molecule has 0 bridgehead atoms. The number of unbranched alkanes of at least 4 members (excludes halogenated alkanes) is 5. The smallest absolute Gasteiger partial charge is 0.124 e. The van der Waals surface area contributed by atoms with Gasteiger partial charge in [-0.1, -0.05) is 43.0 Å². The molecule has 1 nitrogen and oxygen atoms in total. The van der Waals surface area contributed by atoms with Crippen LogP contribution in [0.3, 0.4) is 0 Å². The van der Waals surface area contributed by atoms with Gasteiger partial charge < -0.3 is 4.74 Å². The normalized spacial score (nSPS) is 10.6. The zero-order valence-corrected chi connectivity index (χ0v) is 12.1. The average molecular weight is 285 g/mol. The Bertz CT molecular complexity index is 379. The summed E-state index contributed by atoms with van der Waals surface area (Å²) in [6, 6.07) is 4.40. The van der Waals surface area contributed by atoms with E-state index < -0.39 is 0 Å². The Hall–Kier alpha value is -0.860. The molecule has 1 rings (SSSR count). The van der Waals surface area contributed by atoms with E-state index in [1.165, 1.54) is 37.8 Å². The first kappa shape index (κ1) is 16.2. The number of benzene rings is 1. The molecular formula is C16H22ClFO. The quantitative estimate of drug-likeness (QED) is 0.406. The van der Waals surface area contributed by atoms with Gasteiger partial charge in [0.15, 0.2) is 0 Å². The van der Waals surface area contributed by atoms with Gasteiger partial charge in [0.25, 0.3) is 0 Å². The zero-order chi connectivity index (χ0) is 13.9. The summed E-state index contributed by atoms with van der Waals surface area (Å²) in [5.41, 5.74) is 0.842. The number of hydrogen-bond acceptors (Lipinski definition) is 1. The predicted octanol–water partition coefficient (Wildman–Crippen LogP) is 5.52. The van der Waals surface area contributed by atoms with Crippen molar-refractivity contribution in [1.82, 2.24) is 0 Å². The highest BCUT2D eigenvalue weighted by Gasteiger charge is 2.01. The third kappa shape index (κ3) is 7.34. The maximum absolute atomic E-state index is 12.8. The molecule has 0 radical (unpaired) electrons. The average Bonchev–Trinajstić information content (AvgIpc) is 2.39. The molecule has 0 saturated carbocycles. The molecule has 0 N–H and O–H groups in total. The first-order chi connectivity index (χ1) is 9.24. The maximum atomic E-state index is 12.8. The van der Waals surface area contributed by atoms with Crippen molar-refractivity contribution in [3.05, 3.63) is 47.3 Å². The highest BCUT2D eigenvalue weighted by atomic mass is 35.5. The Morgan fingerprint density at radius 1 is 1.16 bits per heavy atom. The van der Waals surface area contributed by atoms with Crippen LogP contribution in [0.1, 0.15) is 44.1 Å². The van der Waals surface area contributed by atoms with Crippen molar-refractivity contribution in [3.8, 4) is 0 Å². The summed E-state index contributed by atoms with van der Waals surface area (Å²) in [7, 11) is 0. The Balaban J connectivity index is 2.03. The first-order valence-electron chi connectivity index (χ1n) is 6.86. The molecule has 0 spiro atoms. The lowest BCUT2D eigenvalue weighted by Gasteiger charge is -2.06. The maximum Gasteiger partial charge on any atom is 0.124 e. The van der Waals surface area contributed by atoms with Gasteiger partial charge in [-0.15, -0.1) is 6.58 Å². The summed E-state index contributed by atoms with van der Waals surface area (Å²) in [6.45, 7) is 4.89. The van der Waals surface area contributed by atoms with Crippen molar-refractivity contribution >= 4 is 11.6 Å². The molecular weight excluding hydrogens is 263 g/mol. The van der Waals surface area contributed by atoms with E-state index in [9.17, 15) is 4.39 Å². The first-order valence-corrected chi connectivity index (χ1v) is 7.24. The van der Waals surface area contributed by atoms with Gasteiger partial charge in [-0.3, -0.25) is 0 Å². The molecule has 3 heteroatoms. The van der Waals surface area contributed by atoms with E-state index in [2.05, 4.69) is 6.58 Å². The Kier molecular flexibility index (Phi) is 8.52. The molecule has 0 fully saturated rings. The third-order valence-electron chi connectivity index (χ3n) is 2.97. The number of hydrogen-bond donors (Lipinski definition) is 0. The zero-order valence-electron chi connectivity index (χ0n) is 11.3. The largest absolute Gasteiger partial charge is 0.377 e. The van der Waals surface area contributed by atoms with Crippen LogP contribution < -0.4 is 0 Å². The molecule has 0 aliphatic heterocycles. The highest BCUT2D eigenvalue weighted by molar-refractivity contribution is 6.31. The Labute approximate surface area is 120 Å². The molecule has 0 amide bonds. The molecule has 0 aromatic heterocycles. The van der Waals surface area contributed by atoms with Crippen molar-refractivity contribution < 1.29 is 9.13 Å². The Morgan fingerprint density at radius 2 is 1.89 bits per heavy atom. The summed E-state index contributed by atoms with van der Waals surface area (Å²) in [6.07, 6.45) is 9.07. The molecule has 1 aromatic rings. The predicted molar refractivity (Wildman–Crippen MR) is 79.0 cm³/mol. The second kappa shape index (κ2) is 9.99. The second-order valence-electron chi connectivity index (χ2n) is 4.63. The van der Waals surface area contributed by atoms with Gasteiger partial charge in [0.05, 0.1) is 6.61 Å². The number of halogens is 2. The fourth-order valence-electron chi connectivity index (χ4n) is 1.84. The van der Waals surface area contributed by atoms with Crippen LogP contribution in [0.25, 0.3) is 0 Å². The van der Waals surface area contributed by atoms with Crippen LogP contribution in [-0.2, 0) is 11.3 Å². The monoisotopic (exact) mass is 284 g/mol. The van der Waals surface area contributed by atoms with E-state index >= 15 is 0 Å². The van der Waals surface area contributed by atoms with Crippen molar-refractivity contribution in [2.75, 3.05) is 6.61 Å². The molecule has 0 atom stereocenters. The number of rotatable bonds is 10. The van der Waals surface area contributed by atoms with Crippen LogP contribution >= 0.6 is 11.6 Å². The molecule has 0 heterocycles. The van der Waals surface area contributed by atoms with E-state index in [-0.39, 0.29) is 5.82 Å². The minimum absolute atomic E-state index is 0.312. The molecule has 106 valence electrons. The molecule has 19 heavy (non-hydrogen) atoms. The van der Waals surface area contributed by atoms with Gasteiger partial charge in [0.2, 0.25) is 0 Å². The van der Waals surface area contributed by atoms with E-state index in [4.69, 9.17) is 16.3 Å². The standard InChI is InChI=1S/C16H22ClFO/c1-2-3-4-5-6-7-8-11-19-13-14-9-10-15(18)12-16(14)17/h2,9-10,12H,1,3-8,11,13H2. The minimum Gasteiger partial charge on any atom is -0.377 e. The summed E-state index contributed by atoms with van der Waals surface area (Å²) in [5.74, 6) is -0.312. The van der Waals surface area contributed by atoms with E-state index in [1.54, 1.807) is 6.07 Å². The van der Waals surface area contributed by atoms with Gasteiger partial charge in [-0.05, 0) is 37.0 Å². The number of ether oxygens (including phenoxy) is 1. The van der Waals surface area contributed by atoms with Gasteiger partial charge in [0.1, 0.15) is 5.82 Å². The van der Waals surface area contributed by atoms with Crippen molar-refractivity contribution in [2.24, 2.45) is 0 Å². The van der Waals surface area contributed by atoms with E-state index in [1.807, 2.05) is 6.08 Å². The van der Waals surface area contributed by atoms with Crippen LogP contribution in [0.2, 0.25) is 5.02 Å². The van der Waals surface area contributed by atoms with Crippen LogP contribution in [0.4, 0.5) is 4.39 Å². The SMILES string of the molecule is C=CCCCCCCCOCc1ccc(F)cc1Cl. The third-order valence-corrected chi connectivity index (χ3v) is 3.32. The Morgan fingerprint density at radius 3 is 2.63 bits per heavy atom. The fraction of sp³-hybridized carbons (Fsp3) is 0.500. The van der Waals surface area contributed by atoms with Crippen molar-refractivity contribution in [1.29, 1.82) is 0 Å². The summed E-state index contributed by atoms with van der Waals surface area (Å²) < 4.78 is 18.4. The summed E-state index contributed by atoms with van der Waals surface area (Å²) in [4.78, 5) is 0. The molecule has 0 aliphatic carbocycles. The van der Waals surface area contributed by atoms with Crippen LogP contribution in [0, 0.1) is 5.82 Å². The van der Waals surface area contributed by atoms with Gasteiger partial charge in [-0.2, -0.15) is 0 Å². The van der Waals surface area contributed by atoms with Crippen LogP contribution in [0.15, 0.2) is 30.9 Å². The van der Waals surface area contributed by atoms with Crippen LogP contribution in [0.5, 0.6) is 0 Å². The second-order valence-corrected chi connectivity index (χ2v) is 5.04. The lowest BCUT2D eigenvalue weighted by Crippen LogP contribution is -1.96. The number of allylic oxidation sites excluding steroid dienone is 1. The fourth-order valence-corrected chi connectivity index (χ4v) is 2.07. The van der Waals surface area contributed by atoms with Crippen LogP contribution in [-0.4, -0.2) is 6.61 Å². The van der Waals surface area contributed by atoms with Crippen molar-refractivity contribution in [3.63, 3.8) is 0 Å². The van der Waals surface area contributed by atoms with E-state index in [0.29, 0.717) is 11.6 Å². The lowest BCUT2D eigenvalue weighted by atomic mass is 10.1. The van der Waals surface area contributed by atoms with Gasteiger partial charge >= 0.3 is 0 Å². The van der Waals surface area contributed by atoms with E-state index in [0.717, 1.165) is 25.0 Å². The summed E-state index contributed by atoms with van der Waals surface area (Å²) >= 11 is 5.91. The topological polar surface area (TPSA) is 9.23 Å². The van der Waals surface area contributed by atoms with Gasteiger partial charge in [0, 0.05) is 11.6 Å². The molecule has 0 aliphatic rings.